The maximum absolute atomic E-state index is 12.2. The normalized spacial score (nSPS) is 23.6. The summed E-state index contributed by atoms with van der Waals surface area (Å²) < 4.78 is 12.2. The lowest BCUT2D eigenvalue weighted by molar-refractivity contribution is 0.491. The van der Waals surface area contributed by atoms with E-state index in [0.29, 0.717) is 5.75 Å². The van der Waals surface area contributed by atoms with E-state index in [1.54, 1.807) is 0 Å². The molecule has 4 heteroatoms. The second-order valence-electron chi connectivity index (χ2n) is 4.76. The number of hydrogen-bond acceptors (Lipinski definition) is 2. The van der Waals surface area contributed by atoms with Crippen LogP contribution in [0.1, 0.15) is 24.8 Å². The van der Waals surface area contributed by atoms with Gasteiger partial charge in [0.1, 0.15) is 5.75 Å². The van der Waals surface area contributed by atoms with Crippen molar-refractivity contribution in [2.75, 3.05) is 18.8 Å². The fourth-order valence-corrected chi connectivity index (χ4v) is 4.03. The summed E-state index contributed by atoms with van der Waals surface area (Å²) in [5.41, 5.74) is 2.30. The molecular weight excluding hydrogens is 266 g/mol. The fourth-order valence-electron chi connectivity index (χ4n) is 2.68. The molecule has 0 spiro atoms. The van der Waals surface area contributed by atoms with Gasteiger partial charge in [-0.1, -0.05) is 17.7 Å². The Balaban J connectivity index is 2.06. The van der Waals surface area contributed by atoms with Crippen LogP contribution in [0.15, 0.2) is 29.2 Å². The first kappa shape index (κ1) is 12.4. The molecule has 0 N–H and O–H groups in total. The van der Waals surface area contributed by atoms with Crippen LogP contribution in [-0.2, 0) is 11.2 Å². The highest BCUT2D eigenvalue weighted by Gasteiger charge is 2.26. The summed E-state index contributed by atoms with van der Waals surface area (Å²) in [6.45, 7) is 2.20. The van der Waals surface area contributed by atoms with Gasteiger partial charge >= 0.3 is 0 Å². The number of fused-ring (bicyclic) bond motifs is 1. The molecule has 2 aliphatic rings. The lowest BCUT2D eigenvalue weighted by Crippen LogP contribution is -2.18. The summed E-state index contributed by atoms with van der Waals surface area (Å²) in [6.07, 6.45) is 5.60. The maximum Gasteiger partial charge on any atom is 0.162 e. The first-order valence-electron chi connectivity index (χ1n) is 6.39. The third-order valence-electron chi connectivity index (χ3n) is 3.55. The van der Waals surface area contributed by atoms with Crippen molar-refractivity contribution in [2.24, 2.45) is 0 Å². The van der Waals surface area contributed by atoms with Crippen molar-refractivity contribution in [3.63, 3.8) is 0 Å². The second-order valence-corrected chi connectivity index (χ2v) is 6.74. The molecule has 3 rings (SSSR count). The number of rotatable bonds is 1. The minimum atomic E-state index is -0.899. The van der Waals surface area contributed by atoms with Gasteiger partial charge in [-0.3, -0.25) is 0 Å². The van der Waals surface area contributed by atoms with E-state index in [9.17, 15) is 4.55 Å². The monoisotopic (exact) mass is 281 g/mol. The molecule has 1 aromatic carbocycles. The molecule has 0 amide bonds. The molecule has 2 aliphatic heterocycles. The van der Waals surface area contributed by atoms with Gasteiger partial charge in [0, 0.05) is 30.2 Å². The fraction of sp³-hybridized carbons (Fsp3) is 0.429. The van der Waals surface area contributed by atoms with Crippen molar-refractivity contribution in [1.82, 2.24) is 4.90 Å². The highest BCUT2D eigenvalue weighted by molar-refractivity contribution is 7.91. The van der Waals surface area contributed by atoms with Gasteiger partial charge in [0.15, 0.2) is 4.90 Å². The van der Waals surface area contributed by atoms with Crippen LogP contribution in [0.2, 0.25) is 5.02 Å². The van der Waals surface area contributed by atoms with E-state index in [1.807, 2.05) is 18.2 Å². The average Bonchev–Trinajstić information content (AvgIpc) is 2.83. The molecule has 18 heavy (non-hydrogen) atoms. The van der Waals surface area contributed by atoms with Crippen LogP contribution in [0, 0.1) is 0 Å². The molecule has 0 aliphatic carbocycles. The maximum atomic E-state index is 12.2. The van der Waals surface area contributed by atoms with Crippen LogP contribution >= 0.6 is 11.6 Å². The number of allylic oxidation sites excluding steroid dienone is 1. The van der Waals surface area contributed by atoms with E-state index in [0.717, 1.165) is 35.0 Å². The first-order chi connectivity index (χ1) is 8.75. The molecular formula is C14H16ClNOS. The van der Waals surface area contributed by atoms with Gasteiger partial charge in [-0.05, 0) is 42.2 Å². The summed E-state index contributed by atoms with van der Waals surface area (Å²) in [4.78, 5) is 3.34. The van der Waals surface area contributed by atoms with Crippen LogP contribution < -0.4 is 0 Å². The minimum absolute atomic E-state index is 0.714. The molecule has 2 nitrogen and oxygen atoms in total. The van der Waals surface area contributed by atoms with E-state index in [2.05, 4.69) is 11.0 Å². The van der Waals surface area contributed by atoms with Crippen LogP contribution in [0.5, 0.6) is 0 Å². The van der Waals surface area contributed by atoms with Crippen molar-refractivity contribution in [3.05, 3.63) is 34.9 Å². The van der Waals surface area contributed by atoms with E-state index in [4.69, 9.17) is 11.6 Å². The molecule has 1 unspecified atom stereocenters. The van der Waals surface area contributed by atoms with E-state index < -0.39 is 11.2 Å². The number of hydrogen-bond donors (Lipinski definition) is 0. The molecule has 0 aromatic heterocycles. The lowest BCUT2D eigenvalue weighted by atomic mass is 10.1. The number of benzene rings is 1. The standard InChI is InChI=1S/C14H16ClNOS/c15-11-5-6-14-12(10-11)13(4-3-9-18(14)17)16-7-1-2-8-16/h4-6,10H,1-3,7-9H2. The van der Waals surface area contributed by atoms with E-state index >= 15 is 0 Å². The predicted octanol–water partition coefficient (Wildman–Crippen LogP) is 3.29. The van der Waals surface area contributed by atoms with Crippen molar-refractivity contribution >= 4 is 28.5 Å². The molecule has 96 valence electrons. The van der Waals surface area contributed by atoms with Crippen LogP contribution in [-0.4, -0.2) is 28.3 Å². The molecule has 0 bridgehead atoms. The summed E-state index contributed by atoms with van der Waals surface area (Å²) in [6, 6.07) is 5.72. The zero-order valence-electron chi connectivity index (χ0n) is 10.2. The highest BCUT2D eigenvalue weighted by atomic mass is 35.5. The molecule has 0 radical (unpaired) electrons. The summed E-state index contributed by atoms with van der Waals surface area (Å²) in [5, 5.41) is 0.720. The first-order valence-corrected chi connectivity index (χ1v) is 8.09. The van der Waals surface area contributed by atoms with Gasteiger partial charge in [0.2, 0.25) is 0 Å². The Hall–Kier alpha value is -0.640. The molecule has 0 saturated carbocycles. The lowest BCUT2D eigenvalue weighted by Gasteiger charge is -2.22. The third kappa shape index (κ3) is 2.27. The molecule has 1 aromatic rings. The zero-order valence-corrected chi connectivity index (χ0v) is 11.8. The predicted molar refractivity (Wildman–Crippen MR) is 76.1 cm³/mol. The topological polar surface area (TPSA) is 26.3 Å². The minimum Gasteiger partial charge on any atom is -0.611 e. The quantitative estimate of drug-likeness (QED) is 0.739. The van der Waals surface area contributed by atoms with Gasteiger partial charge in [-0.25, -0.2) is 0 Å². The van der Waals surface area contributed by atoms with E-state index in [1.165, 1.54) is 18.5 Å². The Bertz CT molecular complexity index is 483. The Morgan fingerprint density at radius 3 is 2.78 bits per heavy atom. The Labute approximate surface area is 116 Å². The summed E-state index contributed by atoms with van der Waals surface area (Å²) in [5.74, 6) is 0.714. The van der Waals surface area contributed by atoms with Gasteiger partial charge < -0.3 is 9.45 Å². The number of likely N-dealkylation sites (tertiary alicyclic amines) is 1. The Morgan fingerprint density at radius 1 is 1.22 bits per heavy atom. The van der Waals surface area contributed by atoms with Crippen molar-refractivity contribution in [2.45, 2.75) is 24.2 Å². The second kappa shape index (κ2) is 5.16. The Morgan fingerprint density at radius 2 is 2.00 bits per heavy atom. The van der Waals surface area contributed by atoms with Gasteiger partial charge in [0.05, 0.1) is 5.56 Å². The van der Waals surface area contributed by atoms with E-state index in [-0.39, 0.29) is 0 Å². The van der Waals surface area contributed by atoms with Gasteiger partial charge in [0.25, 0.3) is 0 Å². The third-order valence-corrected chi connectivity index (χ3v) is 5.24. The number of halogens is 1. The zero-order chi connectivity index (χ0) is 12.5. The molecule has 1 atom stereocenters. The average molecular weight is 282 g/mol. The summed E-state index contributed by atoms with van der Waals surface area (Å²) in [7, 11) is 0. The van der Waals surface area contributed by atoms with Crippen LogP contribution in [0.3, 0.4) is 0 Å². The molecule has 1 fully saturated rings. The van der Waals surface area contributed by atoms with Gasteiger partial charge in [-0.15, -0.1) is 0 Å². The van der Waals surface area contributed by atoms with Crippen LogP contribution in [0.4, 0.5) is 0 Å². The van der Waals surface area contributed by atoms with Crippen molar-refractivity contribution in [1.29, 1.82) is 0 Å². The van der Waals surface area contributed by atoms with Crippen molar-refractivity contribution in [3.8, 4) is 0 Å². The molecule has 1 saturated heterocycles. The highest BCUT2D eigenvalue weighted by Crippen LogP contribution is 2.34. The van der Waals surface area contributed by atoms with Gasteiger partial charge in [-0.2, -0.15) is 0 Å². The SMILES string of the molecule is [O-][S+]1CCC=C(N2CCCC2)c2cc(Cl)ccc21. The summed E-state index contributed by atoms with van der Waals surface area (Å²) >= 11 is 5.21. The van der Waals surface area contributed by atoms with Crippen molar-refractivity contribution < 1.29 is 4.55 Å². The number of nitrogens with zero attached hydrogens (tertiary/aromatic N) is 1. The molecule has 2 heterocycles. The Kier molecular flexibility index (Phi) is 3.55. The largest absolute Gasteiger partial charge is 0.611 e. The smallest absolute Gasteiger partial charge is 0.162 e. The van der Waals surface area contributed by atoms with Crippen LogP contribution in [0.25, 0.3) is 5.70 Å².